The second-order valence-electron chi connectivity index (χ2n) is 7.83. The number of nitrogens with one attached hydrogen (secondary N) is 1. The number of hydrogen-bond acceptors (Lipinski definition) is 3. The van der Waals surface area contributed by atoms with Crippen molar-refractivity contribution >= 4 is 11.6 Å². The van der Waals surface area contributed by atoms with Crippen molar-refractivity contribution in [2.24, 2.45) is 0 Å². The molecule has 0 unspecified atom stereocenters. The number of carbonyl (C=O) groups is 1. The summed E-state index contributed by atoms with van der Waals surface area (Å²) in [5.41, 5.74) is -0.318. The van der Waals surface area contributed by atoms with Gasteiger partial charge in [0.1, 0.15) is 11.6 Å². The van der Waals surface area contributed by atoms with Crippen molar-refractivity contribution in [1.82, 2.24) is 9.97 Å². The fourth-order valence-corrected chi connectivity index (χ4v) is 3.91. The van der Waals surface area contributed by atoms with Gasteiger partial charge < -0.3 is 5.32 Å². The number of aromatic nitrogens is 2. The molecule has 0 aliphatic heterocycles. The molecule has 3 aromatic rings. The summed E-state index contributed by atoms with van der Waals surface area (Å²) in [6.45, 7) is 0. The molecule has 2 aromatic heterocycles. The van der Waals surface area contributed by atoms with E-state index in [-0.39, 0.29) is 48.2 Å². The van der Waals surface area contributed by atoms with E-state index in [9.17, 15) is 31.1 Å². The molecule has 0 bridgehead atoms. The molecular formula is C23H17F6N3O. The normalized spacial score (nSPS) is 15.9. The summed E-state index contributed by atoms with van der Waals surface area (Å²) in [4.78, 5) is 20.1. The third-order valence-electron chi connectivity index (χ3n) is 5.62. The first-order chi connectivity index (χ1) is 15.6. The molecule has 172 valence electrons. The van der Waals surface area contributed by atoms with E-state index in [1.807, 2.05) is 0 Å². The predicted molar refractivity (Wildman–Crippen MR) is 108 cm³/mol. The standard InChI is InChI=1S/C23H17F6N3O/c24-14-1-2-17(25)16(10-14)19-20(32-22(33)13-9-18(26)21(27)31-11-13)15(5-8-30-19)12-3-6-23(28,29)7-4-12/h1-2,5,8-12H,3-4,6-7H2,(H,32,33). The number of pyridine rings is 2. The molecule has 4 rings (SSSR count). The fraction of sp³-hybridized carbons (Fsp3) is 0.261. The first-order valence-corrected chi connectivity index (χ1v) is 10.1. The Morgan fingerprint density at radius 3 is 2.39 bits per heavy atom. The van der Waals surface area contributed by atoms with E-state index in [1.165, 1.54) is 12.3 Å². The highest BCUT2D eigenvalue weighted by molar-refractivity contribution is 6.06. The molecule has 1 aromatic carbocycles. The van der Waals surface area contributed by atoms with E-state index in [0.717, 1.165) is 24.4 Å². The Bertz CT molecular complexity index is 1210. The number of benzene rings is 1. The van der Waals surface area contributed by atoms with Gasteiger partial charge in [-0.3, -0.25) is 9.78 Å². The van der Waals surface area contributed by atoms with Gasteiger partial charge in [0.2, 0.25) is 11.9 Å². The van der Waals surface area contributed by atoms with Crippen molar-refractivity contribution < 1.29 is 31.1 Å². The number of carbonyl (C=O) groups excluding carboxylic acids is 1. The monoisotopic (exact) mass is 465 g/mol. The zero-order valence-electron chi connectivity index (χ0n) is 17.0. The van der Waals surface area contributed by atoms with Gasteiger partial charge in [-0.25, -0.2) is 26.9 Å². The average molecular weight is 465 g/mol. The van der Waals surface area contributed by atoms with Crippen LogP contribution in [0.3, 0.4) is 0 Å². The number of halogens is 6. The van der Waals surface area contributed by atoms with Crippen LogP contribution in [0.2, 0.25) is 0 Å². The minimum atomic E-state index is -2.80. The zero-order chi connectivity index (χ0) is 23.8. The quantitative estimate of drug-likeness (QED) is 0.366. The maximum atomic E-state index is 14.5. The largest absolute Gasteiger partial charge is 0.320 e. The summed E-state index contributed by atoms with van der Waals surface area (Å²) >= 11 is 0. The molecule has 1 saturated carbocycles. The highest BCUT2D eigenvalue weighted by Gasteiger charge is 2.36. The zero-order valence-corrected chi connectivity index (χ0v) is 17.0. The highest BCUT2D eigenvalue weighted by Crippen LogP contribution is 2.44. The lowest BCUT2D eigenvalue weighted by Gasteiger charge is -2.30. The summed E-state index contributed by atoms with van der Waals surface area (Å²) in [6, 6.07) is 4.85. The molecule has 10 heteroatoms. The molecule has 1 fully saturated rings. The molecule has 1 aliphatic carbocycles. The average Bonchev–Trinajstić information content (AvgIpc) is 2.77. The third-order valence-corrected chi connectivity index (χ3v) is 5.62. The lowest BCUT2D eigenvalue weighted by atomic mass is 9.81. The van der Waals surface area contributed by atoms with Crippen LogP contribution in [0.1, 0.15) is 47.5 Å². The van der Waals surface area contributed by atoms with E-state index < -0.39 is 41.1 Å². The Balaban J connectivity index is 1.80. The summed E-state index contributed by atoms with van der Waals surface area (Å²) in [7, 11) is 0. The SMILES string of the molecule is O=C(Nc1c(C2CCC(F)(F)CC2)ccnc1-c1cc(F)ccc1F)c1cnc(F)c(F)c1. The number of hydrogen-bond donors (Lipinski definition) is 1. The van der Waals surface area contributed by atoms with Gasteiger partial charge in [0, 0.05) is 30.8 Å². The number of nitrogens with zero attached hydrogens (tertiary/aromatic N) is 2. The molecule has 33 heavy (non-hydrogen) atoms. The van der Waals surface area contributed by atoms with Gasteiger partial charge in [-0.05, 0) is 54.7 Å². The Morgan fingerprint density at radius 1 is 0.970 bits per heavy atom. The van der Waals surface area contributed by atoms with Crippen molar-refractivity contribution in [3.8, 4) is 11.3 Å². The van der Waals surface area contributed by atoms with E-state index in [2.05, 4.69) is 15.3 Å². The van der Waals surface area contributed by atoms with Crippen LogP contribution in [0.4, 0.5) is 32.0 Å². The van der Waals surface area contributed by atoms with Crippen molar-refractivity contribution in [3.05, 3.63) is 77.3 Å². The summed E-state index contributed by atoms with van der Waals surface area (Å²) in [6.07, 6.45) is 1.58. The fourth-order valence-electron chi connectivity index (χ4n) is 3.91. The highest BCUT2D eigenvalue weighted by atomic mass is 19.3. The number of anilines is 1. The Morgan fingerprint density at radius 2 is 1.70 bits per heavy atom. The van der Waals surface area contributed by atoms with Gasteiger partial charge >= 0.3 is 0 Å². The number of alkyl halides is 2. The third kappa shape index (κ3) is 4.84. The summed E-state index contributed by atoms with van der Waals surface area (Å²) < 4.78 is 82.5. The molecular weight excluding hydrogens is 448 g/mol. The number of amides is 1. The Kier molecular flexibility index (Phi) is 6.09. The van der Waals surface area contributed by atoms with Crippen LogP contribution in [0.15, 0.2) is 42.7 Å². The van der Waals surface area contributed by atoms with E-state index in [0.29, 0.717) is 11.6 Å². The van der Waals surface area contributed by atoms with Gasteiger partial charge in [0.25, 0.3) is 5.91 Å². The molecule has 1 aliphatic rings. The molecule has 0 spiro atoms. The van der Waals surface area contributed by atoms with Crippen LogP contribution < -0.4 is 5.32 Å². The minimum absolute atomic E-state index is 0.0213. The van der Waals surface area contributed by atoms with E-state index >= 15 is 0 Å². The van der Waals surface area contributed by atoms with Gasteiger partial charge in [-0.1, -0.05) is 0 Å². The van der Waals surface area contributed by atoms with Crippen LogP contribution in [-0.4, -0.2) is 21.8 Å². The molecule has 0 saturated heterocycles. The molecule has 0 radical (unpaired) electrons. The Labute approximate surface area is 184 Å². The van der Waals surface area contributed by atoms with Gasteiger partial charge in [-0.15, -0.1) is 0 Å². The second kappa shape index (κ2) is 8.84. The second-order valence-corrected chi connectivity index (χ2v) is 7.83. The van der Waals surface area contributed by atoms with Gasteiger partial charge in [0.05, 0.1) is 16.9 Å². The summed E-state index contributed by atoms with van der Waals surface area (Å²) in [5, 5.41) is 2.50. The maximum absolute atomic E-state index is 14.5. The molecule has 1 N–H and O–H groups in total. The van der Waals surface area contributed by atoms with Crippen molar-refractivity contribution in [2.75, 3.05) is 5.32 Å². The topological polar surface area (TPSA) is 54.9 Å². The lowest BCUT2D eigenvalue weighted by molar-refractivity contribution is -0.0381. The summed E-state index contributed by atoms with van der Waals surface area (Å²) in [5.74, 6) is -8.43. The molecule has 4 nitrogen and oxygen atoms in total. The molecule has 2 heterocycles. The van der Waals surface area contributed by atoms with E-state index in [1.54, 1.807) is 0 Å². The minimum Gasteiger partial charge on any atom is -0.320 e. The van der Waals surface area contributed by atoms with Crippen LogP contribution in [-0.2, 0) is 0 Å². The molecule has 1 amide bonds. The van der Waals surface area contributed by atoms with Crippen LogP contribution >= 0.6 is 0 Å². The van der Waals surface area contributed by atoms with Crippen LogP contribution in [0.5, 0.6) is 0 Å². The van der Waals surface area contributed by atoms with E-state index in [4.69, 9.17) is 0 Å². The van der Waals surface area contributed by atoms with Crippen LogP contribution in [0, 0.1) is 23.4 Å². The molecule has 0 atom stereocenters. The number of rotatable bonds is 4. The van der Waals surface area contributed by atoms with Crippen molar-refractivity contribution in [3.63, 3.8) is 0 Å². The first kappa shape index (κ1) is 22.8. The van der Waals surface area contributed by atoms with Gasteiger partial charge in [0.15, 0.2) is 5.82 Å². The van der Waals surface area contributed by atoms with Crippen molar-refractivity contribution in [2.45, 2.75) is 37.5 Å². The maximum Gasteiger partial charge on any atom is 0.257 e. The smallest absolute Gasteiger partial charge is 0.257 e. The lowest BCUT2D eigenvalue weighted by Crippen LogP contribution is -2.25. The predicted octanol–water partition coefficient (Wildman–Crippen LogP) is 6.25. The Hall–Kier alpha value is -3.43. The first-order valence-electron chi connectivity index (χ1n) is 10.1. The van der Waals surface area contributed by atoms with Crippen LogP contribution in [0.25, 0.3) is 11.3 Å². The van der Waals surface area contributed by atoms with Gasteiger partial charge in [-0.2, -0.15) is 4.39 Å². The van der Waals surface area contributed by atoms with Crippen molar-refractivity contribution in [1.29, 1.82) is 0 Å².